The lowest BCUT2D eigenvalue weighted by atomic mass is 10.3. The summed E-state index contributed by atoms with van der Waals surface area (Å²) in [6, 6.07) is 3.69. The fraction of sp³-hybridized carbons (Fsp3) is 0.538. The second-order valence-electron chi connectivity index (χ2n) is 5.06. The maximum atomic E-state index is 11.7. The first-order valence-electron chi connectivity index (χ1n) is 6.89. The van der Waals surface area contributed by atoms with Crippen molar-refractivity contribution in [2.45, 2.75) is 19.3 Å². The van der Waals surface area contributed by atoms with Crippen molar-refractivity contribution in [2.75, 3.05) is 36.1 Å². The van der Waals surface area contributed by atoms with Gasteiger partial charge < -0.3 is 10.2 Å². The minimum absolute atomic E-state index is 0.0843. The van der Waals surface area contributed by atoms with E-state index >= 15 is 0 Å². The molecule has 0 aliphatic carbocycles. The van der Waals surface area contributed by atoms with Crippen LogP contribution < -0.4 is 14.9 Å². The quantitative estimate of drug-likeness (QED) is 0.801. The fourth-order valence-electron chi connectivity index (χ4n) is 2.17. The van der Waals surface area contributed by atoms with Gasteiger partial charge in [-0.05, 0) is 25.0 Å². The molecular formula is C13H20N4O3S. The Morgan fingerprint density at radius 3 is 2.62 bits per heavy atom. The van der Waals surface area contributed by atoms with Crippen molar-refractivity contribution in [3.05, 3.63) is 18.3 Å². The van der Waals surface area contributed by atoms with Gasteiger partial charge in [0.25, 0.3) is 0 Å². The lowest BCUT2D eigenvalue weighted by Gasteiger charge is -2.16. The molecule has 1 saturated heterocycles. The molecule has 0 aromatic carbocycles. The number of aromatic nitrogens is 1. The first kappa shape index (κ1) is 15.7. The van der Waals surface area contributed by atoms with Crippen LogP contribution in [0.1, 0.15) is 19.3 Å². The molecule has 8 heteroatoms. The molecule has 1 aliphatic rings. The zero-order valence-electron chi connectivity index (χ0n) is 12.0. The smallest absolute Gasteiger partial charge is 0.225 e. The number of rotatable bonds is 6. The van der Waals surface area contributed by atoms with Gasteiger partial charge in [0.05, 0.1) is 18.1 Å². The number of nitrogens with one attached hydrogen (secondary N) is 2. The van der Waals surface area contributed by atoms with Gasteiger partial charge in [0.1, 0.15) is 5.82 Å². The number of carbonyl (C=O) groups is 1. The molecule has 1 aliphatic heterocycles. The molecule has 0 bridgehead atoms. The highest BCUT2D eigenvalue weighted by Gasteiger charge is 2.13. The molecule has 2 N–H and O–H groups in total. The van der Waals surface area contributed by atoms with Crippen molar-refractivity contribution >= 4 is 27.4 Å². The maximum absolute atomic E-state index is 11.7. The van der Waals surface area contributed by atoms with Gasteiger partial charge in [-0.3, -0.25) is 4.79 Å². The zero-order chi connectivity index (χ0) is 15.3. The Balaban J connectivity index is 1.81. The van der Waals surface area contributed by atoms with E-state index in [1.807, 2.05) is 12.1 Å². The third-order valence-corrected chi connectivity index (χ3v) is 3.91. The van der Waals surface area contributed by atoms with Crippen molar-refractivity contribution in [2.24, 2.45) is 0 Å². The lowest BCUT2D eigenvalue weighted by molar-refractivity contribution is -0.116. The number of hydrogen-bond acceptors (Lipinski definition) is 5. The van der Waals surface area contributed by atoms with Gasteiger partial charge >= 0.3 is 0 Å². The second kappa shape index (κ2) is 6.86. The topological polar surface area (TPSA) is 91.4 Å². The van der Waals surface area contributed by atoms with E-state index in [1.54, 1.807) is 6.20 Å². The Hall–Kier alpha value is -1.67. The molecule has 7 nitrogen and oxygen atoms in total. The molecule has 21 heavy (non-hydrogen) atoms. The van der Waals surface area contributed by atoms with Gasteiger partial charge in [0, 0.05) is 26.1 Å². The van der Waals surface area contributed by atoms with Crippen LogP contribution in [0.2, 0.25) is 0 Å². The number of carbonyl (C=O) groups excluding carboxylic acids is 1. The Bertz CT molecular complexity index is 580. The Morgan fingerprint density at radius 1 is 1.33 bits per heavy atom. The molecule has 0 atom stereocenters. The van der Waals surface area contributed by atoms with Gasteiger partial charge in [-0.1, -0.05) is 0 Å². The van der Waals surface area contributed by atoms with Crippen molar-refractivity contribution < 1.29 is 13.2 Å². The SMILES string of the molecule is CS(=O)(=O)NCCC(=O)Nc1ccc(N2CCCC2)nc1. The van der Waals surface area contributed by atoms with E-state index in [1.165, 1.54) is 12.8 Å². The van der Waals surface area contributed by atoms with Crippen LogP contribution in [0.4, 0.5) is 11.5 Å². The van der Waals surface area contributed by atoms with Gasteiger partial charge in [0.2, 0.25) is 15.9 Å². The predicted molar refractivity (Wildman–Crippen MR) is 81.8 cm³/mol. The normalized spacial score (nSPS) is 15.2. The number of hydrogen-bond donors (Lipinski definition) is 2. The minimum atomic E-state index is -3.26. The number of amides is 1. The maximum Gasteiger partial charge on any atom is 0.225 e. The molecule has 0 radical (unpaired) electrons. The third kappa shape index (κ3) is 5.31. The molecule has 1 aromatic rings. The second-order valence-corrected chi connectivity index (χ2v) is 6.90. The van der Waals surface area contributed by atoms with E-state index in [9.17, 15) is 13.2 Å². The van der Waals surface area contributed by atoms with E-state index < -0.39 is 10.0 Å². The summed E-state index contributed by atoms with van der Waals surface area (Å²) in [7, 11) is -3.26. The summed E-state index contributed by atoms with van der Waals surface area (Å²) in [5, 5.41) is 2.69. The van der Waals surface area contributed by atoms with Crippen LogP contribution in [0.25, 0.3) is 0 Å². The predicted octanol–water partition coefficient (Wildman–Crippen LogP) is 0.560. The average molecular weight is 312 g/mol. The molecule has 1 amide bonds. The third-order valence-electron chi connectivity index (χ3n) is 3.18. The van der Waals surface area contributed by atoms with E-state index in [2.05, 4.69) is 19.9 Å². The van der Waals surface area contributed by atoms with Crippen molar-refractivity contribution in [3.8, 4) is 0 Å². The zero-order valence-corrected chi connectivity index (χ0v) is 12.8. The van der Waals surface area contributed by atoms with E-state index in [4.69, 9.17) is 0 Å². The highest BCUT2D eigenvalue weighted by molar-refractivity contribution is 7.88. The van der Waals surface area contributed by atoms with E-state index in [0.29, 0.717) is 5.69 Å². The van der Waals surface area contributed by atoms with Crippen molar-refractivity contribution in [1.82, 2.24) is 9.71 Å². The van der Waals surface area contributed by atoms with Gasteiger partial charge in [0.15, 0.2) is 0 Å². The van der Waals surface area contributed by atoms with Crippen LogP contribution in [-0.2, 0) is 14.8 Å². The molecular weight excluding hydrogens is 292 g/mol. The van der Waals surface area contributed by atoms with Crippen molar-refractivity contribution in [1.29, 1.82) is 0 Å². The van der Waals surface area contributed by atoms with Gasteiger partial charge in [-0.25, -0.2) is 18.1 Å². The highest BCUT2D eigenvalue weighted by atomic mass is 32.2. The van der Waals surface area contributed by atoms with Crippen LogP contribution in [-0.4, -0.2) is 45.2 Å². The number of sulfonamides is 1. The van der Waals surface area contributed by atoms with Crippen LogP contribution in [0.15, 0.2) is 18.3 Å². The van der Waals surface area contributed by atoms with Crippen LogP contribution in [0.5, 0.6) is 0 Å². The summed E-state index contributed by atoms with van der Waals surface area (Å²) in [6.07, 6.45) is 5.14. The molecule has 2 heterocycles. The Morgan fingerprint density at radius 2 is 2.05 bits per heavy atom. The molecule has 1 aromatic heterocycles. The summed E-state index contributed by atoms with van der Waals surface area (Å²) in [5.41, 5.74) is 0.613. The highest BCUT2D eigenvalue weighted by Crippen LogP contribution is 2.18. The number of pyridine rings is 1. The number of anilines is 2. The molecule has 0 saturated carbocycles. The monoisotopic (exact) mass is 312 g/mol. The minimum Gasteiger partial charge on any atom is -0.357 e. The molecule has 2 rings (SSSR count). The summed E-state index contributed by atoms with van der Waals surface area (Å²) in [4.78, 5) is 18.2. The summed E-state index contributed by atoms with van der Waals surface area (Å²) in [6.45, 7) is 2.13. The van der Waals surface area contributed by atoms with Gasteiger partial charge in [-0.15, -0.1) is 0 Å². The van der Waals surface area contributed by atoms with Crippen LogP contribution in [0, 0.1) is 0 Å². The summed E-state index contributed by atoms with van der Waals surface area (Å²) < 4.78 is 24.0. The Labute approximate surface area is 124 Å². The number of nitrogens with zero attached hydrogens (tertiary/aromatic N) is 2. The van der Waals surface area contributed by atoms with E-state index in [-0.39, 0.29) is 18.9 Å². The largest absolute Gasteiger partial charge is 0.357 e. The van der Waals surface area contributed by atoms with E-state index in [0.717, 1.165) is 25.2 Å². The first-order valence-corrected chi connectivity index (χ1v) is 8.79. The molecule has 1 fully saturated rings. The fourth-order valence-corrected chi connectivity index (χ4v) is 2.64. The Kier molecular flexibility index (Phi) is 5.13. The first-order chi connectivity index (χ1) is 9.94. The average Bonchev–Trinajstić information content (AvgIpc) is 2.92. The summed E-state index contributed by atoms with van der Waals surface area (Å²) in [5.74, 6) is 0.672. The standard InChI is InChI=1S/C13H20N4O3S/c1-21(19,20)15-7-6-13(18)16-11-4-5-12(14-10-11)17-8-2-3-9-17/h4-5,10,15H,2-3,6-9H2,1H3,(H,16,18). The van der Waals surface area contributed by atoms with Crippen LogP contribution >= 0.6 is 0 Å². The summed E-state index contributed by atoms with van der Waals surface area (Å²) >= 11 is 0. The van der Waals surface area contributed by atoms with Crippen LogP contribution in [0.3, 0.4) is 0 Å². The molecule has 0 unspecified atom stereocenters. The molecule has 0 spiro atoms. The van der Waals surface area contributed by atoms with Crippen molar-refractivity contribution in [3.63, 3.8) is 0 Å². The molecule has 116 valence electrons. The lowest BCUT2D eigenvalue weighted by Crippen LogP contribution is -2.26. The van der Waals surface area contributed by atoms with Gasteiger partial charge in [-0.2, -0.15) is 0 Å².